The minimum absolute atomic E-state index is 0.0477. The Morgan fingerprint density at radius 2 is 1.93 bits per heavy atom. The first-order valence-corrected chi connectivity index (χ1v) is 9.34. The van der Waals surface area contributed by atoms with E-state index >= 15 is 0 Å². The standard InChI is InChI=1S/C24H24N2O3/c1-17(2)7-10-23(18(3)21-6-4-5-12-25-21)29-24-11-13-26-22-9-8-19(16-20(22)24)28-15-14-27/h4-13,16,27H,3,14-15H2,1-2H3/b23-10+. The van der Waals surface area contributed by atoms with Crippen molar-refractivity contribution in [2.45, 2.75) is 13.8 Å². The van der Waals surface area contributed by atoms with E-state index in [-0.39, 0.29) is 13.2 Å². The molecule has 2 aromatic heterocycles. The van der Waals surface area contributed by atoms with Gasteiger partial charge < -0.3 is 14.6 Å². The third kappa shape index (κ3) is 5.30. The van der Waals surface area contributed by atoms with E-state index in [2.05, 4.69) is 16.5 Å². The van der Waals surface area contributed by atoms with Crippen LogP contribution in [0, 0.1) is 0 Å². The molecule has 0 aliphatic carbocycles. The summed E-state index contributed by atoms with van der Waals surface area (Å²) in [4.78, 5) is 8.78. The highest BCUT2D eigenvalue weighted by Gasteiger charge is 2.12. The lowest BCUT2D eigenvalue weighted by molar-refractivity contribution is 0.201. The van der Waals surface area contributed by atoms with Crippen LogP contribution < -0.4 is 9.47 Å². The van der Waals surface area contributed by atoms with Crippen LogP contribution in [0.5, 0.6) is 11.5 Å². The molecule has 0 radical (unpaired) electrons. The van der Waals surface area contributed by atoms with Crippen LogP contribution in [0.2, 0.25) is 0 Å². The molecule has 0 atom stereocenters. The third-order valence-electron chi connectivity index (χ3n) is 4.09. The highest BCUT2D eigenvalue weighted by atomic mass is 16.5. The molecule has 3 aromatic rings. The Hall–Kier alpha value is -3.44. The molecule has 0 aliphatic heterocycles. The van der Waals surface area contributed by atoms with Crippen molar-refractivity contribution in [1.82, 2.24) is 9.97 Å². The molecule has 1 N–H and O–H groups in total. The van der Waals surface area contributed by atoms with Gasteiger partial charge in [0.15, 0.2) is 0 Å². The van der Waals surface area contributed by atoms with Gasteiger partial charge in [-0.3, -0.25) is 9.97 Å². The number of pyridine rings is 2. The molecule has 2 heterocycles. The van der Waals surface area contributed by atoms with Crippen molar-refractivity contribution in [3.05, 3.63) is 90.6 Å². The second kappa shape index (κ2) is 9.66. The summed E-state index contributed by atoms with van der Waals surface area (Å²) >= 11 is 0. The van der Waals surface area contributed by atoms with Crippen LogP contribution in [0.25, 0.3) is 16.5 Å². The quantitative estimate of drug-likeness (QED) is 0.437. The number of ether oxygens (including phenoxy) is 2. The average Bonchev–Trinajstić information content (AvgIpc) is 2.75. The number of hydrogen-bond donors (Lipinski definition) is 1. The van der Waals surface area contributed by atoms with Gasteiger partial charge in [0, 0.05) is 23.4 Å². The van der Waals surface area contributed by atoms with Crippen LogP contribution in [0.1, 0.15) is 19.5 Å². The van der Waals surface area contributed by atoms with E-state index in [9.17, 15) is 0 Å². The van der Waals surface area contributed by atoms with Crippen LogP contribution in [0.15, 0.2) is 84.9 Å². The summed E-state index contributed by atoms with van der Waals surface area (Å²) in [7, 11) is 0. The Labute approximate surface area is 170 Å². The van der Waals surface area contributed by atoms with Gasteiger partial charge in [0.2, 0.25) is 0 Å². The zero-order valence-corrected chi connectivity index (χ0v) is 16.6. The zero-order valence-electron chi connectivity index (χ0n) is 16.6. The predicted octanol–water partition coefficient (Wildman–Crippen LogP) is 4.94. The van der Waals surface area contributed by atoms with Crippen molar-refractivity contribution in [2.24, 2.45) is 0 Å². The zero-order chi connectivity index (χ0) is 20.6. The van der Waals surface area contributed by atoms with E-state index in [1.54, 1.807) is 18.5 Å². The first-order valence-electron chi connectivity index (χ1n) is 9.34. The molecule has 0 aliphatic rings. The van der Waals surface area contributed by atoms with E-state index < -0.39 is 0 Å². The van der Waals surface area contributed by atoms with Crippen LogP contribution >= 0.6 is 0 Å². The van der Waals surface area contributed by atoms with Crippen molar-refractivity contribution in [2.75, 3.05) is 13.2 Å². The Morgan fingerprint density at radius 1 is 1.07 bits per heavy atom. The topological polar surface area (TPSA) is 64.5 Å². The summed E-state index contributed by atoms with van der Waals surface area (Å²) in [6.45, 7) is 8.40. The minimum Gasteiger partial charge on any atom is -0.491 e. The van der Waals surface area contributed by atoms with Gasteiger partial charge in [0.25, 0.3) is 0 Å². The molecule has 1 aromatic carbocycles. The molecule has 0 spiro atoms. The lowest BCUT2D eigenvalue weighted by atomic mass is 10.1. The average molecular weight is 388 g/mol. The first-order chi connectivity index (χ1) is 14.1. The number of allylic oxidation sites excluding steroid dienone is 4. The Bertz CT molecular complexity index is 1050. The normalized spacial score (nSPS) is 11.2. The highest BCUT2D eigenvalue weighted by molar-refractivity contribution is 5.87. The van der Waals surface area contributed by atoms with Gasteiger partial charge in [-0.1, -0.05) is 24.3 Å². The maximum atomic E-state index is 9.00. The number of rotatable bonds is 8. The van der Waals surface area contributed by atoms with Gasteiger partial charge in [-0.15, -0.1) is 0 Å². The number of fused-ring (bicyclic) bond motifs is 1. The van der Waals surface area contributed by atoms with E-state index in [1.807, 2.05) is 62.4 Å². The third-order valence-corrected chi connectivity index (χ3v) is 4.09. The van der Waals surface area contributed by atoms with Gasteiger partial charge >= 0.3 is 0 Å². The number of aliphatic hydroxyl groups excluding tert-OH is 1. The molecule has 148 valence electrons. The van der Waals surface area contributed by atoms with E-state index in [4.69, 9.17) is 14.6 Å². The first kappa shape index (κ1) is 20.3. The van der Waals surface area contributed by atoms with Crippen LogP contribution in [0.3, 0.4) is 0 Å². The second-order valence-electron chi connectivity index (χ2n) is 6.63. The van der Waals surface area contributed by atoms with Gasteiger partial charge in [0.1, 0.15) is 23.9 Å². The van der Waals surface area contributed by atoms with E-state index in [1.165, 1.54) is 0 Å². The summed E-state index contributed by atoms with van der Waals surface area (Å²) in [6, 6.07) is 13.0. The van der Waals surface area contributed by atoms with Gasteiger partial charge in [-0.05, 0) is 56.3 Å². The number of benzene rings is 1. The highest BCUT2D eigenvalue weighted by Crippen LogP contribution is 2.31. The monoisotopic (exact) mass is 388 g/mol. The van der Waals surface area contributed by atoms with E-state index in [0.717, 1.165) is 22.2 Å². The fraction of sp³-hybridized carbons (Fsp3) is 0.167. The molecule has 0 bridgehead atoms. The number of hydrogen-bond acceptors (Lipinski definition) is 5. The smallest absolute Gasteiger partial charge is 0.138 e. The lowest BCUT2D eigenvalue weighted by Crippen LogP contribution is -2.02. The molecule has 3 rings (SSSR count). The van der Waals surface area contributed by atoms with Crippen molar-refractivity contribution >= 4 is 16.5 Å². The second-order valence-corrected chi connectivity index (χ2v) is 6.63. The Kier molecular flexibility index (Phi) is 6.76. The predicted molar refractivity (Wildman–Crippen MR) is 116 cm³/mol. The van der Waals surface area contributed by atoms with Crippen LogP contribution in [-0.2, 0) is 0 Å². The largest absolute Gasteiger partial charge is 0.491 e. The fourth-order valence-corrected chi connectivity index (χ4v) is 2.67. The molecule has 5 nitrogen and oxygen atoms in total. The Balaban J connectivity index is 2.00. The van der Waals surface area contributed by atoms with Crippen molar-refractivity contribution < 1.29 is 14.6 Å². The van der Waals surface area contributed by atoms with Crippen molar-refractivity contribution in [3.8, 4) is 11.5 Å². The number of nitrogens with zero attached hydrogens (tertiary/aromatic N) is 2. The lowest BCUT2D eigenvalue weighted by Gasteiger charge is -2.14. The molecule has 0 saturated carbocycles. The molecule has 0 saturated heterocycles. The van der Waals surface area contributed by atoms with Crippen LogP contribution in [0.4, 0.5) is 0 Å². The summed E-state index contributed by atoms with van der Waals surface area (Å²) < 4.78 is 11.8. The van der Waals surface area contributed by atoms with Gasteiger partial charge in [0.05, 0.1) is 17.8 Å². The maximum absolute atomic E-state index is 9.00. The molecular formula is C24H24N2O3. The molecule has 29 heavy (non-hydrogen) atoms. The molecule has 0 fully saturated rings. The fourth-order valence-electron chi connectivity index (χ4n) is 2.67. The van der Waals surface area contributed by atoms with Gasteiger partial charge in [-0.2, -0.15) is 0 Å². The van der Waals surface area contributed by atoms with Crippen molar-refractivity contribution in [1.29, 1.82) is 0 Å². The summed E-state index contributed by atoms with van der Waals surface area (Å²) in [5, 5.41) is 9.80. The molecule has 0 amide bonds. The molecule has 0 unspecified atom stereocenters. The summed E-state index contributed by atoms with van der Waals surface area (Å²) in [5.74, 6) is 1.87. The van der Waals surface area contributed by atoms with Gasteiger partial charge in [-0.25, -0.2) is 0 Å². The number of aromatic nitrogens is 2. The van der Waals surface area contributed by atoms with Crippen molar-refractivity contribution in [3.63, 3.8) is 0 Å². The SMILES string of the molecule is C=C(/C(=C\C=C(C)C)Oc1ccnc2ccc(OCCO)cc12)c1ccccn1. The van der Waals surface area contributed by atoms with Crippen LogP contribution in [-0.4, -0.2) is 28.3 Å². The van der Waals surface area contributed by atoms with E-state index in [0.29, 0.717) is 22.8 Å². The maximum Gasteiger partial charge on any atom is 0.138 e. The Morgan fingerprint density at radius 3 is 2.66 bits per heavy atom. The summed E-state index contributed by atoms with van der Waals surface area (Å²) in [6.07, 6.45) is 7.30. The molecule has 5 heteroatoms. The number of aliphatic hydroxyl groups is 1. The summed E-state index contributed by atoms with van der Waals surface area (Å²) in [5.41, 5.74) is 3.34. The minimum atomic E-state index is -0.0477. The molecular weight excluding hydrogens is 364 g/mol.